The smallest absolute Gasteiger partial charge is 1.00 e. The molecule has 0 saturated heterocycles. The summed E-state index contributed by atoms with van der Waals surface area (Å²) in [6.07, 6.45) is 7.37. The van der Waals surface area contributed by atoms with E-state index in [2.05, 4.69) is 148 Å². The summed E-state index contributed by atoms with van der Waals surface area (Å²) in [4.78, 5) is 0. The van der Waals surface area contributed by atoms with E-state index in [-0.39, 0.29) is 24.8 Å². The summed E-state index contributed by atoms with van der Waals surface area (Å²) in [7, 11) is 0. The van der Waals surface area contributed by atoms with E-state index in [1.165, 1.54) is 43.8 Å². The van der Waals surface area contributed by atoms with Gasteiger partial charge in [-0.1, -0.05) is 0 Å². The molecule has 5 aromatic carbocycles. The normalized spacial score (nSPS) is 14.2. The molecule has 0 nitrogen and oxygen atoms in total. The van der Waals surface area contributed by atoms with Crippen LogP contribution in [0.4, 0.5) is 0 Å². The van der Waals surface area contributed by atoms with Gasteiger partial charge >= 0.3 is 253 Å². The zero-order valence-corrected chi connectivity index (χ0v) is 30.9. The van der Waals surface area contributed by atoms with Crippen molar-refractivity contribution >= 4 is 43.4 Å². The van der Waals surface area contributed by atoms with Crippen molar-refractivity contribution in [3.05, 3.63) is 156 Å². The van der Waals surface area contributed by atoms with E-state index >= 15 is 0 Å². The predicted octanol–water partition coefficient (Wildman–Crippen LogP) is 3.97. The molecule has 0 saturated carbocycles. The van der Waals surface area contributed by atoms with Gasteiger partial charge in [0, 0.05) is 0 Å². The van der Waals surface area contributed by atoms with Crippen molar-refractivity contribution < 1.29 is 44.9 Å². The maximum atomic E-state index is 2.63. The van der Waals surface area contributed by atoms with Crippen LogP contribution in [0.2, 0.25) is 6.55 Å². The fraction of sp³-hybridized carbons (Fsp3) is 0.128. The number of hydrogen-bond acceptors (Lipinski definition) is 0. The Morgan fingerprint density at radius 1 is 0.512 bits per heavy atom. The van der Waals surface area contributed by atoms with Gasteiger partial charge in [-0.2, -0.15) is 0 Å². The summed E-state index contributed by atoms with van der Waals surface area (Å²) in [6, 6.07) is 42.8. The first-order chi connectivity index (χ1) is 20.1. The van der Waals surface area contributed by atoms with Crippen molar-refractivity contribution in [3.63, 3.8) is 0 Å². The summed E-state index contributed by atoms with van der Waals surface area (Å²) in [6.45, 7) is 7.50. The molecule has 2 aliphatic carbocycles. The molecule has 0 heterocycles. The van der Waals surface area contributed by atoms with Gasteiger partial charge in [-0.05, 0) is 0 Å². The third-order valence-electron chi connectivity index (χ3n) is 9.08. The van der Waals surface area contributed by atoms with Crippen molar-refractivity contribution in [1.82, 2.24) is 0 Å². The maximum Gasteiger partial charge on any atom is -1.00 e. The second-order valence-corrected chi connectivity index (χ2v) is 32.3. The van der Waals surface area contributed by atoms with Gasteiger partial charge in [-0.3, -0.25) is 0 Å². The first-order valence-electron chi connectivity index (χ1n) is 14.7. The van der Waals surface area contributed by atoms with E-state index in [1.807, 2.05) is 6.66 Å². The molecule has 0 atom stereocenters. The largest absolute Gasteiger partial charge is 1.00 e. The van der Waals surface area contributed by atoms with Crippen molar-refractivity contribution in [1.29, 1.82) is 0 Å². The van der Waals surface area contributed by atoms with Crippen LogP contribution in [-0.2, 0) is 20.1 Å². The number of benzene rings is 5. The minimum Gasteiger partial charge on any atom is -1.00 e. The third kappa shape index (κ3) is 5.76. The molecule has 0 radical (unpaired) electrons. The van der Waals surface area contributed by atoms with Gasteiger partial charge in [0.1, 0.15) is 0 Å². The van der Waals surface area contributed by atoms with Crippen molar-refractivity contribution in [2.45, 2.75) is 33.2 Å². The maximum absolute atomic E-state index is 2.63. The van der Waals surface area contributed by atoms with Gasteiger partial charge in [0.2, 0.25) is 0 Å². The Morgan fingerprint density at radius 2 is 0.930 bits per heavy atom. The van der Waals surface area contributed by atoms with Crippen molar-refractivity contribution in [2.24, 2.45) is 0 Å². The van der Waals surface area contributed by atoms with Gasteiger partial charge in [-0.25, -0.2) is 0 Å². The Balaban J connectivity index is 0.00000184. The van der Waals surface area contributed by atoms with Crippen molar-refractivity contribution in [2.75, 3.05) is 0 Å². The molecule has 0 aromatic heterocycles. The SMILES string of the molecule is CC1=[C]([Hf+2]([C]2=C(C)C(c3cccc4ccccc34)=CC2)=[Si](C)c2ccccc2)CC=C1c1cccc2ccccc12.[Cl-].[Cl-]. The molecule has 4 heteroatoms. The van der Waals surface area contributed by atoms with Crippen LogP contribution in [0, 0.1) is 0 Å². The molecule has 0 amide bonds. The molecule has 2 aliphatic rings. The van der Waals surface area contributed by atoms with Crippen LogP contribution in [0.5, 0.6) is 0 Å². The molecule has 0 fully saturated rings. The van der Waals surface area contributed by atoms with Gasteiger partial charge in [0.05, 0.1) is 0 Å². The summed E-state index contributed by atoms with van der Waals surface area (Å²) in [5.41, 5.74) is 8.19. The average molecular weight is 780 g/mol. The molecule has 212 valence electrons. The summed E-state index contributed by atoms with van der Waals surface area (Å²) in [5.74, 6) is 0. The molecule has 0 N–H and O–H groups in total. The van der Waals surface area contributed by atoms with Gasteiger partial charge in [-0.15, -0.1) is 0 Å². The second kappa shape index (κ2) is 13.5. The molecule has 0 bridgehead atoms. The number of rotatable bonds is 5. The first-order valence-corrected chi connectivity index (χ1v) is 25.6. The summed E-state index contributed by atoms with van der Waals surface area (Å²) >= 11 is -2.49. The Labute approximate surface area is 275 Å². The van der Waals surface area contributed by atoms with E-state index in [0.29, 0.717) is 0 Å². The summed E-state index contributed by atoms with van der Waals surface area (Å²) in [5, 5.41) is 7.01. The van der Waals surface area contributed by atoms with Crippen LogP contribution < -0.4 is 30.0 Å². The Kier molecular flexibility index (Phi) is 9.93. The minimum absolute atomic E-state index is 0. The zero-order valence-electron chi connectivity index (χ0n) is 24.8. The predicted molar refractivity (Wildman–Crippen MR) is 176 cm³/mol. The number of hydrogen-bond donors (Lipinski definition) is 0. The Morgan fingerprint density at radius 3 is 1.42 bits per heavy atom. The van der Waals surface area contributed by atoms with Crippen LogP contribution in [0.1, 0.15) is 37.8 Å². The third-order valence-corrected chi connectivity index (χ3v) is 35.7. The van der Waals surface area contributed by atoms with Crippen molar-refractivity contribution in [3.8, 4) is 0 Å². The van der Waals surface area contributed by atoms with E-state index in [1.54, 1.807) is 16.3 Å². The van der Waals surface area contributed by atoms with Crippen LogP contribution in [0.25, 0.3) is 32.7 Å². The van der Waals surface area contributed by atoms with E-state index in [4.69, 9.17) is 0 Å². The van der Waals surface area contributed by atoms with Gasteiger partial charge in [0.25, 0.3) is 0 Å². The number of allylic oxidation sites excluding steroid dienone is 8. The standard InChI is InChI=1S/2C16H13.C7H8Si.2ClH.Hf/c2*1-12-6-4-10-14(12)16-11-5-8-13-7-2-3-9-15(13)16;1-8-7-5-3-2-4-6-7;;;/h2*2-3,5,7-11H,4H2,1H3;2-6H,1H3;2*1H;/q;;;;;+2/p-2. The Hall–Kier alpha value is -2.75. The van der Waals surface area contributed by atoms with Crippen LogP contribution in [0.3, 0.4) is 0 Å². The van der Waals surface area contributed by atoms with Gasteiger partial charge in [0.15, 0.2) is 0 Å². The Bertz CT molecular complexity index is 1880. The molecule has 7 rings (SSSR count). The molecular weight excluding hydrogens is 746 g/mol. The molecule has 43 heavy (non-hydrogen) atoms. The number of fused-ring (bicyclic) bond motifs is 2. The fourth-order valence-electron chi connectivity index (χ4n) is 6.94. The van der Waals surface area contributed by atoms with Gasteiger partial charge < -0.3 is 24.8 Å². The second-order valence-electron chi connectivity index (χ2n) is 11.3. The molecule has 0 aliphatic heterocycles. The first kappa shape index (κ1) is 31.7. The molecule has 0 spiro atoms. The van der Waals surface area contributed by atoms with E-state index in [0.717, 1.165) is 12.8 Å². The monoisotopic (exact) mass is 780 g/mol. The topological polar surface area (TPSA) is 0 Å². The number of halogens is 2. The zero-order chi connectivity index (χ0) is 27.9. The molecular formula is C39H34Cl2HfSi. The minimum atomic E-state index is -2.49. The summed E-state index contributed by atoms with van der Waals surface area (Å²) < 4.78 is 3.67. The van der Waals surface area contributed by atoms with Crippen LogP contribution in [-0.4, -0.2) is 5.49 Å². The van der Waals surface area contributed by atoms with Crippen LogP contribution in [0.15, 0.2) is 145 Å². The van der Waals surface area contributed by atoms with E-state index in [9.17, 15) is 0 Å². The molecule has 0 unspecified atom stereocenters. The van der Waals surface area contributed by atoms with Crippen LogP contribution >= 0.6 is 0 Å². The quantitative estimate of drug-likeness (QED) is 0.237. The molecule has 5 aromatic rings. The average Bonchev–Trinajstić information content (AvgIpc) is 3.59. The van der Waals surface area contributed by atoms with E-state index < -0.39 is 25.6 Å². The fourth-order valence-corrected chi connectivity index (χ4v) is 35.4.